The molecule has 3 fully saturated rings. The lowest BCUT2D eigenvalue weighted by atomic mass is 9.77. The summed E-state index contributed by atoms with van der Waals surface area (Å²) in [6, 6.07) is -0.342. The van der Waals surface area contributed by atoms with Crippen molar-refractivity contribution in [3.05, 3.63) is 0 Å². The molecule has 0 amide bonds. The molecule has 0 aromatic carbocycles. The Morgan fingerprint density at radius 2 is 1.60 bits per heavy atom. The Hall–Kier alpha value is -0.930. The van der Waals surface area contributed by atoms with Crippen LogP contribution in [0.3, 0.4) is 0 Å². The lowest BCUT2D eigenvalue weighted by Gasteiger charge is -2.48. The van der Waals surface area contributed by atoms with Gasteiger partial charge in [0, 0.05) is 42.9 Å². The molecule has 3 saturated heterocycles. The average molecular weight is 717 g/mol. The summed E-state index contributed by atoms with van der Waals surface area (Å²) < 4.78 is 32.5. The number of cyclic esters (lactones) is 1. The minimum absolute atomic E-state index is 0.00181. The van der Waals surface area contributed by atoms with Crippen LogP contribution < -0.4 is 5.32 Å². The van der Waals surface area contributed by atoms with Gasteiger partial charge in [0.15, 0.2) is 12.6 Å². The molecule has 0 aromatic rings. The molecule has 0 aromatic heterocycles. The van der Waals surface area contributed by atoms with Gasteiger partial charge in [-0.3, -0.25) is 4.79 Å². The molecular weight excluding hydrogens is 644 g/mol. The topological polar surface area (TPSA) is 159 Å². The SMILES string of the molecule is CC[C@H]1OC(=O)[C@H](C)[C@@H](O[C@H]2CC(C)C(CO)[C@H](C)O2)[C@H](C)[C@@H](O[C@@H]2O[C@H](C)CC(N(C)C)[C@H]2C)[C@](C)(O)C[C@@H](C)CN[C@H](C)[C@@H](O)[C@]1(C)O. The first-order valence-corrected chi connectivity index (χ1v) is 19.1. The summed E-state index contributed by atoms with van der Waals surface area (Å²) in [5, 5.41) is 48.7. The van der Waals surface area contributed by atoms with Gasteiger partial charge in [0.1, 0.15) is 17.8 Å². The minimum Gasteiger partial charge on any atom is -0.459 e. The normalized spacial score (nSPS) is 49.2. The summed E-state index contributed by atoms with van der Waals surface area (Å²) in [7, 11) is 4.11. The van der Waals surface area contributed by atoms with Gasteiger partial charge in [0.2, 0.25) is 0 Å². The van der Waals surface area contributed by atoms with Crippen molar-refractivity contribution >= 4 is 5.97 Å². The third kappa shape index (κ3) is 10.2. The quantitative estimate of drug-likeness (QED) is 0.245. The summed E-state index contributed by atoms with van der Waals surface area (Å²) in [4.78, 5) is 16.3. The van der Waals surface area contributed by atoms with Crippen molar-refractivity contribution < 1.29 is 48.9 Å². The van der Waals surface area contributed by atoms with Crippen molar-refractivity contribution in [3.8, 4) is 0 Å². The van der Waals surface area contributed by atoms with E-state index in [1.54, 1.807) is 27.7 Å². The van der Waals surface area contributed by atoms with Crippen LogP contribution in [0.15, 0.2) is 0 Å². The van der Waals surface area contributed by atoms with Crippen molar-refractivity contribution in [2.75, 3.05) is 27.2 Å². The highest BCUT2D eigenvalue weighted by molar-refractivity contribution is 5.73. The number of rotatable bonds is 7. The number of nitrogens with one attached hydrogen (secondary N) is 1. The van der Waals surface area contributed by atoms with Crippen molar-refractivity contribution in [3.63, 3.8) is 0 Å². The average Bonchev–Trinajstić information content (AvgIpc) is 3.02. The van der Waals surface area contributed by atoms with E-state index in [0.717, 1.165) is 6.42 Å². The Morgan fingerprint density at radius 1 is 0.960 bits per heavy atom. The van der Waals surface area contributed by atoms with E-state index in [0.29, 0.717) is 19.4 Å². The van der Waals surface area contributed by atoms with Crippen molar-refractivity contribution in [2.45, 2.75) is 174 Å². The summed E-state index contributed by atoms with van der Waals surface area (Å²) in [6.07, 6.45) is -3.63. The number of hydrogen-bond acceptors (Lipinski definition) is 12. The lowest BCUT2D eigenvalue weighted by Crippen LogP contribution is -2.59. The molecule has 18 atom stereocenters. The number of aliphatic hydroxyl groups is 4. The molecule has 50 heavy (non-hydrogen) atoms. The number of ether oxygens (including phenoxy) is 5. The second kappa shape index (κ2) is 17.9. The fourth-order valence-corrected chi connectivity index (χ4v) is 8.85. The molecule has 0 aliphatic carbocycles. The third-order valence-electron chi connectivity index (χ3n) is 12.1. The molecule has 0 saturated carbocycles. The van der Waals surface area contributed by atoms with Crippen LogP contribution in [0.2, 0.25) is 0 Å². The van der Waals surface area contributed by atoms with E-state index in [1.807, 2.05) is 27.7 Å². The first-order valence-electron chi connectivity index (χ1n) is 19.1. The monoisotopic (exact) mass is 717 g/mol. The maximum absolute atomic E-state index is 14.1. The van der Waals surface area contributed by atoms with Crippen molar-refractivity contribution in [1.29, 1.82) is 0 Å². The van der Waals surface area contributed by atoms with Gasteiger partial charge in [0.25, 0.3) is 0 Å². The highest BCUT2D eigenvalue weighted by Crippen LogP contribution is 2.40. The fourth-order valence-electron chi connectivity index (χ4n) is 8.85. The van der Waals surface area contributed by atoms with Gasteiger partial charge < -0.3 is 54.3 Å². The molecule has 3 heterocycles. The van der Waals surface area contributed by atoms with Crippen LogP contribution in [0.1, 0.15) is 102 Å². The summed E-state index contributed by atoms with van der Waals surface area (Å²) in [5.74, 6) is -2.09. The number of carbonyl (C=O) groups excluding carboxylic acids is 1. The Morgan fingerprint density at radius 3 is 2.16 bits per heavy atom. The summed E-state index contributed by atoms with van der Waals surface area (Å²) in [6.45, 7) is 21.1. The summed E-state index contributed by atoms with van der Waals surface area (Å²) in [5.41, 5.74) is -3.15. The van der Waals surface area contributed by atoms with E-state index in [1.165, 1.54) is 6.92 Å². The Labute approximate surface area is 301 Å². The van der Waals surface area contributed by atoms with E-state index < -0.39 is 72.0 Å². The molecule has 12 nitrogen and oxygen atoms in total. The zero-order valence-electron chi connectivity index (χ0n) is 33.2. The maximum atomic E-state index is 14.1. The van der Waals surface area contributed by atoms with Crippen LogP contribution in [0.5, 0.6) is 0 Å². The van der Waals surface area contributed by atoms with Crippen molar-refractivity contribution in [1.82, 2.24) is 10.2 Å². The largest absolute Gasteiger partial charge is 0.459 e. The number of hydrogen-bond donors (Lipinski definition) is 5. The molecule has 294 valence electrons. The zero-order valence-corrected chi connectivity index (χ0v) is 33.2. The molecule has 3 rings (SSSR count). The number of aliphatic hydroxyl groups excluding tert-OH is 2. The first kappa shape index (κ1) is 43.5. The molecule has 12 heteroatoms. The van der Waals surface area contributed by atoms with Gasteiger partial charge >= 0.3 is 5.97 Å². The molecule has 0 bridgehead atoms. The standard InChI is InChI=1S/C38H72N2O10/c1-14-30-38(11,45)33(42)26(8)39-18-20(2)17-37(10,44)34(50-36-23(5)29(40(12)13)16-22(4)46-36)24(6)32(25(7)35(43)48-30)49-31-15-21(3)28(19-41)27(9)47-31/h20-34,36,39,41-42,44-45H,14-19H2,1-13H3/t20-,21?,22-,23-,24+,25-,26-,27+,28?,29?,30-,31+,32+,33-,34-,36+,37-,38-/m1/s1. The molecule has 3 aliphatic heterocycles. The lowest BCUT2D eigenvalue weighted by molar-refractivity contribution is -0.299. The van der Waals surface area contributed by atoms with Crippen LogP contribution in [0.4, 0.5) is 0 Å². The Balaban J connectivity index is 2.12. The van der Waals surface area contributed by atoms with E-state index >= 15 is 0 Å². The van der Waals surface area contributed by atoms with Crippen LogP contribution in [-0.2, 0) is 28.5 Å². The van der Waals surface area contributed by atoms with Crippen LogP contribution in [0, 0.1) is 35.5 Å². The van der Waals surface area contributed by atoms with Crippen LogP contribution in [-0.4, -0.2) is 131 Å². The minimum atomic E-state index is -1.75. The third-order valence-corrected chi connectivity index (χ3v) is 12.1. The van der Waals surface area contributed by atoms with Gasteiger partial charge in [0.05, 0.1) is 35.9 Å². The van der Waals surface area contributed by atoms with Gasteiger partial charge in [-0.05, 0) is 93.3 Å². The number of nitrogens with zero attached hydrogens (tertiary/aromatic N) is 1. The highest BCUT2D eigenvalue weighted by atomic mass is 16.7. The summed E-state index contributed by atoms with van der Waals surface area (Å²) >= 11 is 0. The fraction of sp³-hybridized carbons (Fsp3) is 0.974. The number of carbonyl (C=O) groups is 1. The molecule has 0 radical (unpaired) electrons. The molecule has 3 aliphatic rings. The zero-order chi connectivity index (χ0) is 37.9. The van der Waals surface area contributed by atoms with Gasteiger partial charge in [-0.15, -0.1) is 0 Å². The van der Waals surface area contributed by atoms with E-state index in [9.17, 15) is 25.2 Å². The predicted octanol–water partition coefficient (Wildman–Crippen LogP) is 3.31. The smallest absolute Gasteiger partial charge is 0.311 e. The van der Waals surface area contributed by atoms with E-state index in [4.69, 9.17) is 23.7 Å². The molecular formula is C38H72N2O10. The molecule has 3 unspecified atom stereocenters. The molecule has 5 N–H and O–H groups in total. The second-order valence-corrected chi connectivity index (χ2v) is 16.9. The first-order chi connectivity index (χ1) is 23.2. The van der Waals surface area contributed by atoms with Gasteiger partial charge in [-0.25, -0.2) is 0 Å². The predicted molar refractivity (Wildman–Crippen MR) is 191 cm³/mol. The molecule has 0 spiro atoms. The van der Waals surface area contributed by atoms with E-state index in [2.05, 4.69) is 38.2 Å². The van der Waals surface area contributed by atoms with Gasteiger partial charge in [-0.2, -0.15) is 0 Å². The van der Waals surface area contributed by atoms with Crippen LogP contribution >= 0.6 is 0 Å². The maximum Gasteiger partial charge on any atom is 0.311 e. The number of esters is 1. The van der Waals surface area contributed by atoms with Crippen LogP contribution in [0.25, 0.3) is 0 Å². The van der Waals surface area contributed by atoms with Crippen molar-refractivity contribution in [2.24, 2.45) is 35.5 Å². The van der Waals surface area contributed by atoms with E-state index in [-0.39, 0.29) is 54.9 Å². The highest BCUT2D eigenvalue weighted by Gasteiger charge is 2.50. The second-order valence-electron chi connectivity index (χ2n) is 16.9. The Bertz CT molecular complexity index is 1050. The van der Waals surface area contributed by atoms with Gasteiger partial charge in [-0.1, -0.05) is 34.6 Å². The Kier molecular flexibility index (Phi) is 15.6.